The minimum Gasteiger partial charge on any atom is -0.395 e. The molecule has 84 valence electrons. The number of anilines is 2. The van der Waals surface area contributed by atoms with Gasteiger partial charge in [0.25, 0.3) is 0 Å². The van der Waals surface area contributed by atoms with E-state index in [-0.39, 0.29) is 0 Å². The lowest BCUT2D eigenvalue weighted by Gasteiger charge is -2.23. The summed E-state index contributed by atoms with van der Waals surface area (Å²) in [6.45, 7) is 3.97. The van der Waals surface area contributed by atoms with Crippen LogP contribution in [0.2, 0.25) is 0 Å². The highest BCUT2D eigenvalue weighted by Crippen LogP contribution is 2.32. The third kappa shape index (κ3) is 2.08. The number of nitrogens with zero attached hydrogens (tertiary/aromatic N) is 3. The molecule has 16 heavy (non-hydrogen) atoms. The van der Waals surface area contributed by atoms with Crippen molar-refractivity contribution in [3.63, 3.8) is 0 Å². The van der Waals surface area contributed by atoms with Crippen molar-refractivity contribution < 1.29 is 0 Å². The van der Waals surface area contributed by atoms with Crippen LogP contribution in [0.4, 0.5) is 11.5 Å². The molecule has 0 aliphatic heterocycles. The summed E-state index contributed by atoms with van der Waals surface area (Å²) in [5, 5.41) is 8.92. The number of nitrogens with two attached hydrogens (primary N) is 1. The molecule has 2 rings (SSSR count). The molecule has 1 heterocycles. The van der Waals surface area contributed by atoms with Gasteiger partial charge in [0, 0.05) is 19.3 Å². The van der Waals surface area contributed by atoms with Gasteiger partial charge >= 0.3 is 0 Å². The van der Waals surface area contributed by atoms with E-state index in [2.05, 4.69) is 22.9 Å². The highest BCUT2D eigenvalue weighted by molar-refractivity contribution is 5.69. The smallest absolute Gasteiger partial charge is 0.153 e. The molecular formula is C12H16N4. The molecule has 1 aliphatic carbocycles. The fourth-order valence-corrected chi connectivity index (χ4v) is 1.79. The van der Waals surface area contributed by atoms with Gasteiger partial charge in [-0.15, -0.1) is 0 Å². The summed E-state index contributed by atoms with van der Waals surface area (Å²) in [5.74, 6) is 1.54. The molecule has 0 saturated heterocycles. The first-order valence-electron chi connectivity index (χ1n) is 5.65. The van der Waals surface area contributed by atoms with Gasteiger partial charge in [0.1, 0.15) is 6.07 Å². The molecule has 0 atom stereocenters. The SMILES string of the molecule is CCN(CC1CC1)c1nccc(C#N)c1N. The Balaban J connectivity index is 2.26. The largest absolute Gasteiger partial charge is 0.395 e. The molecule has 4 nitrogen and oxygen atoms in total. The van der Waals surface area contributed by atoms with Gasteiger partial charge in [-0.25, -0.2) is 4.98 Å². The summed E-state index contributed by atoms with van der Waals surface area (Å²) in [6, 6.07) is 3.75. The molecule has 1 aliphatic rings. The maximum Gasteiger partial charge on any atom is 0.153 e. The Bertz CT molecular complexity index is 418. The monoisotopic (exact) mass is 216 g/mol. The van der Waals surface area contributed by atoms with Gasteiger partial charge in [-0.05, 0) is 31.7 Å². The number of aromatic nitrogens is 1. The Kier molecular flexibility index (Phi) is 2.95. The van der Waals surface area contributed by atoms with E-state index in [0.717, 1.165) is 24.8 Å². The van der Waals surface area contributed by atoms with Crippen LogP contribution in [0.3, 0.4) is 0 Å². The molecule has 0 radical (unpaired) electrons. The summed E-state index contributed by atoms with van der Waals surface area (Å²) in [4.78, 5) is 6.45. The maximum absolute atomic E-state index is 8.92. The van der Waals surface area contributed by atoms with Crippen molar-refractivity contribution in [1.82, 2.24) is 4.98 Å². The molecule has 2 N–H and O–H groups in total. The summed E-state index contributed by atoms with van der Waals surface area (Å²) in [5.41, 5.74) is 6.96. The van der Waals surface area contributed by atoms with Crippen molar-refractivity contribution in [2.24, 2.45) is 5.92 Å². The molecule has 1 fully saturated rings. The normalized spacial score (nSPS) is 14.5. The van der Waals surface area contributed by atoms with E-state index < -0.39 is 0 Å². The van der Waals surface area contributed by atoms with Crippen LogP contribution in [-0.4, -0.2) is 18.1 Å². The second kappa shape index (κ2) is 4.40. The van der Waals surface area contributed by atoms with Crippen LogP contribution in [-0.2, 0) is 0 Å². The van der Waals surface area contributed by atoms with Crippen LogP contribution in [0.15, 0.2) is 12.3 Å². The van der Waals surface area contributed by atoms with Gasteiger partial charge in [-0.2, -0.15) is 5.26 Å². The molecule has 1 aromatic heterocycles. The lowest BCUT2D eigenvalue weighted by atomic mass is 10.2. The first-order chi connectivity index (χ1) is 7.76. The van der Waals surface area contributed by atoms with Crippen LogP contribution in [0, 0.1) is 17.2 Å². The molecule has 0 unspecified atom stereocenters. The van der Waals surface area contributed by atoms with Crippen LogP contribution in [0.5, 0.6) is 0 Å². The van der Waals surface area contributed by atoms with Crippen molar-refractivity contribution >= 4 is 11.5 Å². The quantitative estimate of drug-likeness (QED) is 0.833. The van der Waals surface area contributed by atoms with Crippen molar-refractivity contribution in [2.45, 2.75) is 19.8 Å². The van der Waals surface area contributed by atoms with Crippen LogP contribution in [0.25, 0.3) is 0 Å². The minimum absolute atomic E-state index is 0.507. The zero-order valence-corrected chi connectivity index (χ0v) is 9.48. The minimum atomic E-state index is 0.507. The van der Waals surface area contributed by atoms with E-state index >= 15 is 0 Å². The first kappa shape index (κ1) is 10.7. The molecule has 0 bridgehead atoms. The Labute approximate surface area is 95.7 Å². The fraction of sp³-hybridized carbons (Fsp3) is 0.500. The van der Waals surface area contributed by atoms with E-state index in [1.54, 1.807) is 12.3 Å². The topological polar surface area (TPSA) is 65.9 Å². The summed E-state index contributed by atoms with van der Waals surface area (Å²) in [6.07, 6.45) is 4.25. The fourth-order valence-electron chi connectivity index (χ4n) is 1.79. The standard InChI is InChI=1S/C12H16N4/c1-2-16(8-9-3-4-9)12-11(14)10(7-13)5-6-15-12/h5-6,9H,2-4,8,14H2,1H3. The zero-order valence-electron chi connectivity index (χ0n) is 9.48. The van der Waals surface area contributed by atoms with Crippen molar-refractivity contribution in [2.75, 3.05) is 23.7 Å². The van der Waals surface area contributed by atoms with Gasteiger partial charge in [-0.1, -0.05) is 0 Å². The Morgan fingerprint density at radius 3 is 2.94 bits per heavy atom. The Morgan fingerprint density at radius 1 is 1.62 bits per heavy atom. The number of rotatable bonds is 4. The van der Waals surface area contributed by atoms with Crippen molar-refractivity contribution in [3.8, 4) is 6.07 Å². The summed E-state index contributed by atoms with van der Waals surface area (Å²) in [7, 11) is 0. The molecule has 0 spiro atoms. The number of pyridine rings is 1. The number of nitriles is 1. The van der Waals surface area contributed by atoms with Crippen molar-refractivity contribution in [3.05, 3.63) is 17.8 Å². The molecule has 0 aromatic carbocycles. The Morgan fingerprint density at radius 2 is 2.38 bits per heavy atom. The average molecular weight is 216 g/mol. The average Bonchev–Trinajstić information content (AvgIpc) is 3.10. The maximum atomic E-state index is 8.92. The second-order valence-corrected chi connectivity index (χ2v) is 4.19. The third-order valence-corrected chi connectivity index (χ3v) is 2.95. The van der Waals surface area contributed by atoms with Gasteiger partial charge in [0.05, 0.1) is 11.3 Å². The zero-order chi connectivity index (χ0) is 11.5. The number of hydrogen-bond donors (Lipinski definition) is 1. The summed E-state index contributed by atoms with van der Waals surface area (Å²) >= 11 is 0. The number of hydrogen-bond acceptors (Lipinski definition) is 4. The molecule has 1 aromatic rings. The van der Waals surface area contributed by atoms with Gasteiger partial charge in [0.2, 0.25) is 0 Å². The van der Waals surface area contributed by atoms with E-state index in [9.17, 15) is 0 Å². The third-order valence-electron chi connectivity index (χ3n) is 2.95. The number of nitrogen functional groups attached to an aromatic ring is 1. The van der Waals surface area contributed by atoms with E-state index in [4.69, 9.17) is 11.0 Å². The molecular weight excluding hydrogens is 200 g/mol. The van der Waals surface area contributed by atoms with Crippen molar-refractivity contribution in [1.29, 1.82) is 5.26 Å². The molecule has 1 saturated carbocycles. The van der Waals surface area contributed by atoms with Crippen LogP contribution >= 0.6 is 0 Å². The second-order valence-electron chi connectivity index (χ2n) is 4.19. The van der Waals surface area contributed by atoms with Gasteiger partial charge in [-0.3, -0.25) is 0 Å². The van der Waals surface area contributed by atoms with Crippen LogP contribution < -0.4 is 10.6 Å². The lowest BCUT2D eigenvalue weighted by molar-refractivity contribution is 0.733. The van der Waals surface area contributed by atoms with E-state index in [1.165, 1.54) is 12.8 Å². The summed E-state index contributed by atoms with van der Waals surface area (Å²) < 4.78 is 0. The lowest BCUT2D eigenvalue weighted by Crippen LogP contribution is -2.27. The van der Waals surface area contributed by atoms with Gasteiger partial charge < -0.3 is 10.6 Å². The molecule has 4 heteroatoms. The molecule has 0 amide bonds. The highest BCUT2D eigenvalue weighted by Gasteiger charge is 2.25. The van der Waals surface area contributed by atoms with Gasteiger partial charge in [0.15, 0.2) is 5.82 Å². The first-order valence-corrected chi connectivity index (χ1v) is 5.65. The van der Waals surface area contributed by atoms with E-state index in [0.29, 0.717) is 11.3 Å². The highest BCUT2D eigenvalue weighted by atomic mass is 15.2. The Hall–Kier alpha value is -1.76. The van der Waals surface area contributed by atoms with Crippen LogP contribution in [0.1, 0.15) is 25.3 Å². The van der Waals surface area contributed by atoms with E-state index in [1.807, 2.05) is 0 Å². The predicted molar refractivity (Wildman–Crippen MR) is 64.0 cm³/mol. The predicted octanol–water partition coefficient (Wildman–Crippen LogP) is 1.77.